The molecule has 2 N–H and O–H groups in total. The molecule has 0 bridgehead atoms. The Kier molecular flexibility index (Phi) is 2.45. The maximum absolute atomic E-state index is 10.8. The van der Waals surface area contributed by atoms with Gasteiger partial charge < -0.3 is 5.32 Å². The second kappa shape index (κ2) is 3.91. The number of aldehydes is 1. The molecule has 2 rings (SSSR count). The van der Waals surface area contributed by atoms with Crippen molar-refractivity contribution >= 4 is 23.0 Å². The van der Waals surface area contributed by atoms with E-state index in [1.165, 1.54) is 6.20 Å². The molecule has 0 aromatic carbocycles. The number of rotatable bonds is 4. The number of fused-ring (bicyclic) bond motifs is 1. The fourth-order valence-electron chi connectivity index (χ4n) is 1.38. The maximum Gasteiger partial charge on any atom is 0.157 e. The van der Waals surface area contributed by atoms with Gasteiger partial charge >= 0.3 is 0 Å². The SMILES string of the molecule is C=CCNc1c(C=O)cnc2[nH]ncc12. The van der Waals surface area contributed by atoms with Gasteiger partial charge in [0.25, 0.3) is 0 Å². The average molecular weight is 202 g/mol. The topological polar surface area (TPSA) is 70.7 Å². The molecule has 0 aliphatic heterocycles. The Labute approximate surface area is 86.2 Å². The van der Waals surface area contributed by atoms with Gasteiger partial charge in [0.05, 0.1) is 22.8 Å². The minimum atomic E-state index is 0.519. The van der Waals surface area contributed by atoms with Crippen LogP contribution in [-0.2, 0) is 0 Å². The first-order valence-electron chi connectivity index (χ1n) is 4.49. The normalized spacial score (nSPS) is 10.1. The number of nitrogens with zero attached hydrogens (tertiary/aromatic N) is 2. The summed E-state index contributed by atoms with van der Waals surface area (Å²) in [6.07, 6.45) is 5.64. The third kappa shape index (κ3) is 1.59. The van der Waals surface area contributed by atoms with Gasteiger partial charge in [-0.05, 0) is 0 Å². The van der Waals surface area contributed by atoms with E-state index in [4.69, 9.17) is 0 Å². The molecular weight excluding hydrogens is 192 g/mol. The molecule has 0 aliphatic rings. The van der Waals surface area contributed by atoms with Gasteiger partial charge in [-0.3, -0.25) is 9.89 Å². The van der Waals surface area contributed by atoms with E-state index >= 15 is 0 Å². The second-order valence-electron chi connectivity index (χ2n) is 3.01. The zero-order valence-electron chi connectivity index (χ0n) is 8.03. The average Bonchev–Trinajstić information content (AvgIpc) is 2.73. The Morgan fingerprint density at radius 1 is 1.53 bits per heavy atom. The van der Waals surface area contributed by atoms with Crippen LogP contribution in [0.4, 0.5) is 5.69 Å². The van der Waals surface area contributed by atoms with Gasteiger partial charge in [-0.25, -0.2) is 4.98 Å². The van der Waals surface area contributed by atoms with E-state index in [1.807, 2.05) is 0 Å². The lowest BCUT2D eigenvalue weighted by atomic mass is 10.2. The number of carbonyl (C=O) groups excluding carboxylic acids is 1. The molecule has 2 aromatic rings. The van der Waals surface area contributed by atoms with Crippen molar-refractivity contribution in [2.45, 2.75) is 0 Å². The third-order valence-electron chi connectivity index (χ3n) is 2.06. The first-order valence-corrected chi connectivity index (χ1v) is 4.49. The largest absolute Gasteiger partial charge is 0.380 e. The van der Waals surface area contributed by atoms with E-state index < -0.39 is 0 Å². The lowest BCUT2D eigenvalue weighted by Gasteiger charge is -2.06. The van der Waals surface area contributed by atoms with Crippen LogP contribution in [0.5, 0.6) is 0 Å². The van der Waals surface area contributed by atoms with Gasteiger partial charge in [-0.1, -0.05) is 6.08 Å². The Morgan fingerprint density at radius 2 is 2.40 bits per heavy atom. The van der Waals surface area contributed by atoms with Gasteiger partial charge in [0.2, 0.25) is 0 Å². The Balaban J connectivity index is 2.57. The molecule has 2 heterocycles. The summed E-state index contributed by atoms with van der Waals surface area (Å²) in [7, 11) is 0. The molecule has 0 atom stereocenters. The standard InChI is InChI=1S/C10H10N4O/c1-2-3-11-9-7(6-15)4-12-10-8(9)5-13-14-10/h2,4-6H,1,3H2,(H2,11,12,13,14). The highest BCUT2D eigenvalue weighted by molar-refractivity contribution is 5.98. The van der Waals surface area contributed by atoms with Crippen molar-refractivity contribution < 1.29 is 4.79 Å². The van der Waals surface area contributed by atoms with Gasteiger partial charge in [-0.15, -0.1) is 6.58 Å². The van der Waals surface area contributed by atoms with Gasteiger partial charge in [-0.2, -0.15) is 5.10 Å². The first kappa shape index (κ1) is 9.39. The first-order chi connectivity index (χ1) is 7.36. The Bertz CT molecular complexity index is 503. The Morgan fingerprint density at radius 3 is 3.13 bits per heavy atom. The summed E-state index contributed by atoms with van der Waals surface area (Å²) in [6.45, 7) is 4.20. The van der Waals surface area contributed by atoms with E-state index in [0.29, 0.717) is 17.8 Å². The van der Waals surface area contributed by atoms with E-state index in [0.717, 1.165) is 17.4 Å². The number of H-pyrrole nitrogens is 1. The maximum atomic E-state index is 10.8. The zero-order valence-corrected chi connectivity index (χ0v) is 8.03. The highest BCUT2D eigenvalue weighted by Gasteiger charge is 2.08. The summed E-state index contributed by atoms with van der Waals surface area (Å²) in [5.41, 5.74) is 1.92. The van der Waals surface area contributed by atoms with Gasteiger partial charge in [0.1, 0.15) is 0 Å². The predicted octanol–water partition coefficient (Wildman–Crippen LogP) is 1.37. The third-order valence-corrected chi connectivity index (χ3v) is 2.06. The number of hydrogen-bond donors (Lipinski definition) is 2. The molecule has 0 fully saturated rings. The number of pyridine rings is 1. The van der Waals surface area contributed by atoms with Crippen LogP contribution in [0.3, 0.4) is 0 Å². The molecule has 0 aliphatic carbocycles. The number of aromatic nitrogens is 3. The van der Waals surface area contributed by atoms with Crippen molar-refractivity contribution in [2.24, 2.45) is 0 Å². The molecule has 0 amide bonds. The fourth-order valence-corrected chi connectivity index (χ4v) is 1.38. The minimum Gasteiger partial charge on any atom is -0.380 e. The molecule has 0 saturated carbocycles. The zero-order chi connectivity index (χ0) is 10.7. The molecule has 2 aromatic heterocycles. The van der Waals surface area contributed by atoms with Crippen molar-refractivity contribution in [1.29, 1.82) is 0 Å². The van der Waals surface area contributed by atoms with Crippen LogP contribution in [-0.4, -0.2) is 28.0 Å². The molecule has 0 spiro atoms. The van der Waals surface area contributed by atoms with Crippen LogP contribution in [0.25, 0.3) is 11.0 Å². The quantitative estimate of drug-likeness (QED) is 0.580. The number of hydrogen-bond acceptors (Lipinski definition) is 4. The Hall–Kier alpha value is -2.17. The predicted molar refractivity (Wildman–Crippen MR) is 58.0 cm³/mol. The van der Waals surface area contributed by atoms with Crippen molar-refractivity contribution in [3.63, 3.8) is 0 Å². The number of nitrogens with one attached hydrogen (secondary N) is 2. The molecule has 0 unspecified atom stereocenters. The molecule has 5 nitrogen and oxygen atoms in total. The number of carbonyl (C=O) groups is 1. The van der Waals surface area contributed by atoms with E-state index in [9.17, 15) is 4.79 Å². The lowest BCUT2D eigenvalue weighted by molar-refractivity contribution is 0.112. The van der Waals surface area contributed by atoms with Crippen LogP contribution in [0, 0.1) is 0 Å². The highest BCUT2D eigenvalue weighted by Crippen LogP contribution is 2.22. The molecule has 0 radical (unpaired) electrons. The molecule has 0 saturated heterocycles. The number of anilines is 1. The smallest absolute Gasteiger partial charge is 0.157 e. The second-order valence-corrected chi connectivity index (χ2v) is 3.01. The minimum absolute atomic E-state index is 0.519. The van der Waals surface area contributed by atoms with Crippen molar-refractivity contribution in [3.8, 4) is 0 Å². The van der Waals surface area contributed by atoms with Crippen LogP contribution in [0.2, 0.25) is 0 Å². The van der Waals surface area contributed by atoms with Crippen molar-refractivity contribution in [3.05, 3.63) is 30.6 Å². The fraction of sp³-hybridized carbons (Fsp3) is 0.100. The summed E-state index contributed by atoms with van der Waals surface area (Å²) in [5.74, 6) is 0. The van der Waals surface area contributed by atoms with Crippen LogP contribution >= 0.6 is 0 Å². The summed E-state index contributed by atoms with van der Waals surface area (Å²) < 4.78 is 0. The van der Waals surface area contributed by atoms with Gasteiger partial charge in [0, 0.05) is 12.7 Å². The highest BCUT2D eigenvalue weighted by atomic mass is 16.1. The van der Waals surface area contributed by atoms with Crippen molar-refractivity contribution in [1.82, 2.24) is 15.2 Å². The molecular formula is C10H10N4O. The van der Waals surface area contributed by atoms with Crippen LogP contribution in [0.1, 0.15) is 10.4 Å². The summed E-state index contributed by atoms with van der Waals surface area (Å²) >= 11 is 0. The van der Waals surface area contributed by atoms with Gasteiger partial charge in [0.15, 0.2) is 11.9 Å². The molecule has 76 valence electrons. The summed E-state index contributed by atoms with van der Waals surface area (Å²) in [6, 6.07) is 0. The molecule has 15 heavy (non-hydrogen) atoms. The van der Waals surface area contributed by atoms with Crippen LogP contribution < -0.4 is 5.32 Å². The monoisotopic (exact) mass is 202 g/mol. The van der Waals surface area contributed by atoms with E-state index in [1.54, 1.807) is 12.3 Å². The lowest BCUT2D eigenvalue weighted by Crippen LogP contribution is -2.02. The van der Waals surface area contributed by atoms with E-state index in [2.05, 4.69) is 27.1 Å². The van der Waals surface area contributed by atoms with Crippen molar-refractivity contribution in [2.75, 3.05) is 11.9 Å². The summed E-state index contributed by atoms with van der Waals surface area (Å²) in [4.78, 5) is 14.9. The molecule has 5 heteroatoms. The van der Waals surface area contributed by atoms with Crippen LogP contribution in [0.15, 0.2) is 25.0 Å². The summed E-state index contributed by atoms with van der Waals surface area (Å²) in [5, 5.41) is 10.5. The van der Waals surface area contributed by atoms with E-state index in [-0.39, 0.29) is 0 Å². The number of aromatic amines is 1.